The standard InChI is InChI=1S/C17H15N3O3S.Na.4H2O/c1-11-10-16(14-4-2-3-5-15(14)17(11)18)20-19-12-6-8-13(9-7-12)24(21,22)23;;;;;/h2-10H,18H2,1H3,(H,21,22,23);;4*1H2/q;+1;;;;/p-1. The maximum atomic E-state index is 10.9. The Morgan fingerprint density at radius 2 is 1.38 bits per heavy atom. The van der Waals surface area contributed by atoms with Gasteiger partial charge in [-0.1, -0.05) is 24.3 Å². The minimum atomic E-state index is -4.46. The second-order valence-electron chi connectivity index (χ2n) is 5.32. The van der Waals surface area contributed by atoms with Gasteiger partial charge in [-0.3, -0.25) is 0 Å². The third kappa shape index (κ3) is 7.12. The monoisotopic (exact) mass is 435 g/mol. The van der Waals surface area contributed by atoms with Crippen molar-refractivity contribution in [2.24, 2.45) is 10.2 Å². The van der Waals surface area contributed by atoms with Gasteiger partial charge in [0.25, 0.3) is 0 Å². The SMILES string of the molecule is Cc1cc(N=Nc2ccc(S(=O)(=O)[O-])cc2)c2ccccc2c1N.O.O.O.O.[Na+]. The molecule has 0 aromatic heterocycles. The number of anilines is 1. The number of fused-ring (bicyclic) bond motifs is 1. The van der Waals surface area contributed by atoms with Crippen LogP contribution in [0.25, 0.3) is 10.8 Å². The van der Waals surface area contributed by atoms with Crippen LogP contribution in [0.15, 0.2) is 69.7 Å². The summed E-state index contributed by atoms with van der Waals surface area (Å²) in [4.78, 5) is -0.296. The smallest absolute Gasteiger partial charge is 0.744 e. The van der Waals surface area contributed by atoms with E-state index in [9.17, 15) is 13.0 Å². The molecule has 29 heavy (non-hydrogen) atoms. The van der Waals surface area contributed by atoms with Crippen LogP contribution in [0.5, 0.6) is 0 Å². The van der Waals surface area contributed by atoms with Gasteiger partial charge in [0.1, 0.15) is 10.1 Å². The Morgan fingerprint density at radius 1 is 0.862 bits per heavy atom. The second-order valence-corrected chi connectivity index (χ2v) is 6.70. The van der Waals surface area contributed by atoms with Crippen LogP contribution in [-0.2, 0) is 10.1 Å². The molecular formula is C17H22N3NaO7S. The van der Waals surface area contributed by atoms with Crippen LogP contribution in [0.3, 0.4) is 0 Å². The molecule has 12 heteroatoms. The quantitative estimate of drug-likeness (QED) is 0.208. The molecule has 0 fully saturated rings. The first-order chi connectivity index (χ1) is 11.4. The number of nitrogens with two attached hydrogens (primary N) is 1. The van der Waals surface area contributed by atoms with Gasteiger partial charge in [-0.05, 0) is 42.8 Å². The third-order valence-electron chi connectivity index (χ3n) is 3.67. The van der Waals surface area contributed by atoms with E-state index in [1.165, 1.54) is 24.3 Å². The maximum Gasteiger partial charge on any atom is 1.00 e. The van der Waals surface area contributed by atoms with Gasteiger partial charge >= 0.3 is 29.6 Å². The van der Waals surface area contributed by atoms with Crippen LogP contribution in [-0.4, -0.2) is 34.9 Å². The van der Waals surface area contributed by atoms with Crippen molar-refractivity contribution in [1.29, 1.82) is 0 Å². The molecule has 3 aromatic carbocycles. The van der Waals surface area contributed by atoms with E-state index >= 15 is 0 Å². The van der Waals surface area contributed by atoms with Gasteiger partial charge in [0.05, 0.1) is 16.3 Å². The molecule has 0 saturated heterocycles. The van der Waals surface area contributed by atoms with Crippen molar-refractivity contribution < 1.29 is 64.4 Å². The molecule has 3 rings (SSSR count). The van der Waals surface area contributed by atoms with Crippen molar-refractivity contribution in [3.8, 4) is 0 Å². The van der Waals surface area contributed by atoms with E-state index in [0.29, 0.717) is 17.1 Å². The summed E-state index contributed by atoms with van der Waals surface area (Å²) in [6.45, 7) is 1.90. The van der Waals surface area contributed by atoms with Gasteiger partial charge in [0, 0.05) is 16.5 Å². The van der Waals surface area contributed by atoms with Gasteiger partial charge in [-0.25, -0.2) is 8.42 Å². The number of nitrogen functional groups attached to an aromatic ring is 1. The summed E-state index contributed by atoms with van der Waals surface area (Å²) in [6, 6.07) is 14.8. The molecular weight excluding hydrogens is 413 g/mol. The zero-order valence-electron chi connectivity index (χ0n) is 15.8. The maximum absolute atomic E-state index is 10.9. The van der Waals surface area contributed by atoms with E-state index in [1.807, 2.05) is 37.3 Å². The minimum absolute atomic E-state index is 0. The minimum Gasteiger partial charge on any atom is -0.744 e. The average molecular weight is 435 g/mol. The number of aryl methyl sites for hydroxylation is 1. The molecule has 0 amide bonds. The van der Waals surface area contributed by atoms with Crippen LogP contribution < -0.4 is 35.3 Å². The van der Waals surface area contributed by atoms with Gasteiger partial charge < -0.3 is 32.2 Å². The normalized spacial score (nSPS) is 10.0. The molecule has 0 saturated carbocycles. The zero-order valence-corrected chi connectivity index (χ0v) is 18.6. The van der Waals surface area contributed by atoms with E-state index < -0.39 is 10.1 Å². The van der Waals surface area contributed by atoms with Crippen LogP contribution in [0.4, 0.5) is 17.1 Å². The van der Waals surface area contributed by atoms with Gasteiger partial charge in [0.15, 0.2) is 0 Å². The second kappa shape index (κ2) is 12.6. The summed E-state index contributed by atoms with van der Waals surface area (Å²) in [5.74, 6) is 0. The van der Waals surface area contributed by atoms with Crippen molar-refractivity contribution in [2.45, 2.75) is 11.8 Å². The van der Waals surface area contributed by atoms with Crippen molar-refractivity contribution in [2.75, 3.05) is 5.73 Å². The van der Waals surface area contributed by atoms with Crippen LogP contribution in [0.2, 0.25) is 0 Å². The zero-order chi connectivity index (χ0) is 17.3. The molecule has 0 aliphatic heterocycles. The number of hydrogen-bond donors (Lipinski definition) is 1. The van der Waals surface area contributed by atoms with Gasteiger partial charge in [-0.15, -0.1) is 5.11 Å². The first-order valence-electron chi connectivity index (χ1n) is 7.12. The molecule has 0 atom stereocenters. The molecule has 0 bridgehead atoms. The van der Waals surface area contributed by atoms with Crippen molar-refractivity contribution in [3.05, 3.63) is 60.2 Å². The first kappa shape index (κ1) is 31.8. The largest absolute Gasteiger partial charge is 1.00 e. The molecule has 0 unspecified atom stereocenters. The fourth-order valence-corrected chi connectivity index (χ4v) is 2.86. The summed E-state index contributed by atoms with van der Waals surface area (Å²) < 4.78 is 32.8. The van der Waals surface area contributed by atoms with Crippen LogP contribution in [0.1, 0.15) is 5.56 Å². The topological polar surface area (TPSA) is 234 Å². The Kier molecular flexibility index (Phi) is 13.8. The summed E-state index contributed by atoms with van der Waals surface area (Å²) in [5.41, 5.74) is 8.80. The molecule has 154 valence electrons. The van der Waals surface area contributed by atoms with E-state index in [1.54, 1.807) is 0 Å². The molecule has 0 aliphatic carbocycles. The van der Waals surface area contributed by atoms with Gasteiger partial charge in [-0.2, -0.15) is 5.11 Å². The Hall–Kier alpha value is -1.93. The Balaban J connectivity index is -0.00000135. The van der Waals surface area contributed by atoms with E-state index in [0.717, 1.165) is 16.3 Å². The predicted molar refractivity (Wildman–Crippen MR) is 106 cm³/mol. The van der Waals surface area contributed by atoms with Crippen LogP contribution in [0, 0.1) is 6.92 Å². The summed E-state index contributed by atoms with van der Waals surface area (Å²) in [6.07, 6.45) is 0. The molecule has 0 heterocycles. The predicted octanol–water partition coefficient (Wildman–Crippen LogP) is -2.24. The number of benzene rings is 3. The number of nitrogens with zero attached hydrogens (tertiary/aromatic N) is 2. The number of rotatable bonds is 3. The number of hydrogen-bond acceptors (Lipinski definition) is 6. The van der Waals surface area contributed by atoms with Crippen molar-refractivity contribution in [1.82, 2.24) is 0 Å². The summed E-state index contributed by atoms with van der Waals surface area (Å²) in [7, 11) is -4.46. The Morgan fingerprint density at radius 3 is 1.90 bits per heavy atom. The van der Waals surface area contributed by atoms with Gasteiger partial charge in [0.2, 0.25) is 0 Å². The fourth-order valence-electron chi connectivity index (χ4n) is 2.39. The summed E-state index contributed by atoms with van der Waals surface area (Å²) in [5, 5.41) is 10.1. The molecule has 0 radical (unpaired) electrons. The van der Waals surface area contributed by atoms with E-state index in [2.05, 4.69) is 10.2 Å². The molecule has 10 nitrogen and oxygen atoms in total. The molecule has 10 N–H and O–H groups in total. The molecule has 0 spiro atoms. The Bertz CT molecular complexity index is 1060. The van der Waals surface area contributed by atoms with Crippen molar-refractivity contribution in [3.63, 3.8) is 0 Å². The third-order valence-corrected chi connectivity index (χ3v) is 4.52. The Labute approximate surface area is 189 Å². The molecule has 3 aromatic rings. The fraction of sp³-hybridized carbons (Fsp3) is 0.0588. The molecule has 0 aliphatic rings. The van der Waals surface area contributed by atoms with E-state index in [-0.39, 0.29) is 56.4 Å². The van der Waals surface area contributed by atoms with E-state index in [4.69, 9.17) is 5.73 Å². The first-order valence-corrected chi connectivity index (χ1v) is 8.52. The average Bonchev–Trinajstić information content (AvgIpc) is 2.56. The number of azo groups is 1. The van der Waals surface area contributed by atoms with Crippen molar-refractivity contribution >= 4 is 38.0 Å². The summed E-state index contributed by atoms with van der Waals surface area (Å²) >= 11 is 0. The van der Waals surface area contributed by atoms with Crippen LogP contribution >= 0.6 is 0 Å².